The van der Waals surface area contributed by atoms with Crippen LogP contribution in [0.3, 0.4) is 0 Å². The molecule has 0 spiro atoms. The van der Waals surface area contributed by atoms with E-state index < -0.39 is 28.5 Å². The minimum absolute atomic E-state index is 0.413. The maximum absolute atomic E-state index is 12.9. The van der Waals surface area contributed by atoms with Gasteiger partial charge >= 0.3 is 6.18 Å². The summed E-state index contributed by atoms with van der Waals surface area (Å²) in [5.74, 6) is -0.759. The van der Waals surface area contributed by atoms with Crippen molar-refractivity contribution in [3.63, 3.8) is 0 Å². The van der Waals surface area contributed by atoms with Gasteiger partial charge in [-0.2, -0.15) is 13.2 Å². The Morgan fingerprint density at radius 3 is 2.10 bits per heavy atom. The highest BCUT2D eigenvalue weighted by Crippen LogP contribution is 2.35. The average molecular weight is 299 g/mol. The Labute approximate surface area is 119 Å². The highest BCUT2D eigenvalue weighted by molar-refractivity contribution is 6.34. The molecule has 0 saturated heterocycles. The predicted octanol–water partition coefficient (Wildman–Crippen LogP) is 4.87. The van der Waals surface area contributed by atoms with Crippen molar-refractivity contribution in [2.75, 3.05) is 0 Å². The minimum Gasteiger partial charge on any atom is -0.292 e. The van der Waals surface area contributed by atoms with Crippen molar-refractivity contribution in [3.8, 4) is 0 Å². The van der Waals surface area contributed by atoms with Crippen molar-refractivity contribution in [1.29, 1.82) is 0 Å². The first-order valence-electron chi connectivity index (χ1n) is 5.80. The van der Waals surface area contributed by atoms with Crippen LogP contribution in [0.25, 0.3) is 0 Å². The van der Waals surface area contributed by atoms with Crippen LogP contribution < -0.4 is 0 Å². The van der Waals surface area contributed by atoms with E-state index in [0.29, 0.717) is 5.56 Å². The van der Waals surface area contributed by atoms with Gasteiger partial charge in [0.25, 0.3) is 0 Å². The van der Waals surface area contributed by atoms with Gasteiger partial charge in [-0.05, 0) is 11.6 Å². The van der Waals surface area contributed by atoms with Crippen molar-refractivity contribution >= 4 is 17.4 Å². The zero-order valence-electron chi connectivity index (χ0n) is 10.2. The molecule has 2 aromatic carbocycles. The molecule has 0 heterocycles. The summed E-state index contributed by atoms with van der Waals surface area (Å²) in [6.07, 6.45) is -4.58. The second-order valence-corrected chi connectivity index (χ2v) is 4.62. The fraction of sp³-hybridized carbons (Fsp3) is 0.133. The molecule has 0 saturated carbocycles. The van der Waals surface area contributed by atoms with Crippen LogP contribution in [-0.2, 0) is 6.18 Å². The summed E-state index contributed by atoms with van der Waals surface area (Å²) in [5.41, 5.74) is -0.911. The van der Waals surface area contributed by atoms with Crippen LogP contribution in [-0.4, -0.2) is 5.78 Å². The van der Waals surface area contributed by atoms with E-state index in [1.807, 2.05) is 0 Å². The maximum atomic E-state index is 12.9. The van der Waals surface area contributed by atoms with Gasteiger partial charge in [-0.3, -0.25) is 4.79 Å². The molecule has 0 radical (unpaired) electrons. The van der Waals surface area contributed by atoms with Gasteiger partial charge < -0.3 is 0 Å². The average Bonchev–Trinajstić information content (AvgIpc) is 2.46. The summed E-state index contributed by atoms with van der Waals surface area (Å²) in [7, 11) is 0. The molecular formula is C15H10ClF3O. The number of rotatable bonds is 3. The van der Waals surface area contributed by atoms with Crippen molar-refractivity contribution in [1.82, 2.24) is 0 Å². The Hall–Kier alpha value is -1.81. The molecule has 104 valence electrons. The lowest BCUT2D eigenvalue weighted by molar-refractivity contribution is -0.137. The van der Waals surface area contributed by atoms with Crippen LogP contribution in [0, 0.1) is 0 Å². The van der Waals surface area contributed by atoms with Crippen LogP contribution in [0.1, 0.15) is 26.9 Å². The van der Waals surface area contributed by atoms with E-state index in [9.17, 15) is 18.0 Å². The van der Waals surface area contributed by atoms with E-state index in [0.717, 1.165) is 12.1 Å². The molecule has 0 amide bonds. The molecule has 0 aromatic heterocycles. The van der Waals surface area contributed by atoms with Crippen molar-refractivity contribution in [2.24, 2.45) is 0 Å². The summed E-state index contributed by atoms with van der Waals surface area (Å²) in [5, 5.41) is -1.14. The molecule has 0 bridgehead atoms. The highest BCUT2D eigenvalue weighted by Gasteiger charge is 2.36. The molecular weight excluding hydrogens is 289 g/mol. The van der Waals surface area contributed by atoms with Gasteiger partial charge in [-0.1, -0.05) is 48.5 Å². The van der Waals surface area contributed by atoms with Gasteiger partial charge in [0, 0.05) is 5.56 Å². The fourth-order valence-electron chi connectivity index (χ4n) is 1.86. The SMILES string of the molecule is O=C(c1ccccc1C(F)(F)F)C(Cl)c1ccccc1. The second kappa shape index (κ2) is 5.67. The Balaban J connectivity index is 2.40. The van der Waals surface area contributed by atoms with E-state index in [2.05, 4.69) is 0 Å². The third-order valence-corrected chi connectivity index (χ3v) is 3.27. The Kier molecular flexibility index (Phi) is 4.14. The smallest absolute Gasteiger partial charge is 0.292 e. The number of hydrogen-bond acceptors (Lipinski definition) is 1. The molecule has 0 aliphatic rings. The standard InChI is InChI=1S/C15H10ClF3O/c16-13(10-6-2-1-3-7-10)14(20)11-8-4-5-9-12(11)15(17,18)19/h1-9,13H. The minimum atomic E-state index is -4.58. The van der Waals surface area contributed by atoms with Gasteiger partial charge in [-0.25, -0.2) is 0 Å². The van der Waals surface area contributed by atoms with Gasteiger partial charge in [0.1, 0.15) is 5.38 Å². The molecule has 1 unspecified atom stereocenters. The number of hydrogen-bond donors (Lipinski definition) is 0. The van der Waals surface area contributed by atoms with Crippen LogP contribution in [0.15, 0.2) is 54.6 Å². The maximum Gasteiger partial charge on any atom is 0.417 e. The molecule has 20 heavy (non-hydrogen) atoms. The van der Waals surface area contributed by atoms with Crippen molar-refractivity contribution in [3.05, 3.63) is 71.3 Å². The zero-order valence-corrected chi connectivity index (χ0v) is 10.9. The molecule has 0 aliphatic heterocycles. The summed E-state index contributed by atoms with van der Waals surface area (Å²) < 4.78 is 38.6. The van der Waals surface area contributed by atoms with E-state index in [1.165, 1.54) is 12.1 Å². The van der Waals surface area contributed by atoms with E-state index in [-0.39, 0.29) is 0 Å². The van der Waals surface area contributed by atoms with Crippen LogP contribution in [0.4, 0.5) is 13.2 Å². The molecule has 0 N–H and O–H groups in total. The topological polar surface area (TPSA) is 17.1 Å². The lowest BCUT2D eigenvalue weighted by atomic mass is 9.98. The molecule has 0 fully saturated rings. The van der Waals surface area contributed by atoms with E-state index in [4.69, 9.17) is 11.6 Å². The molecule has 5 heteroatoms. The summed E-state index contributed by atoms with van der Waals surface area (Å²) in [4.78, 5) is 12.2. The number of carbonyl (C=O) groups excluding carboxylic acids is 1. The number of halogens is 4. The molecule has 0 aliphatic carbocycles. The first-order valence-corrected chi connectivity index (χ1v) is 6.24. The molecule has 2 rings (SSSR count). The van der Waals surface area contributed by atoms with Gasteiger partial charge in [-0.15, -0.1) is 11.6 Å². The zero-order chi connectivity index (χ0) is 14.8. The van der Waals surface area contributed by atoms with Gasteiger partial charge in [0.05, 0.1) is 5.56 Å². The first kappa shape index (κ1) is 14.6. The van der Waals surface area contributed by atoms with Crippen molar-refractivity contribution < 1.29 is 18.0 Å². The molecule has 1 atom stereocenters. The van der Waals surface area contributed by atoms with Crippen molar-refractivity contribution in [2.45, 2.75) is 11.6 Å². The van der Waals surface area contributed by atoms with Gasteiger partial charge in [0.15, 0.2) is 5.78 Å². The molecule has 1 nitrogen and oxygen atoms in total. The number of Topliss-reactive ketones (excluding diaryl/α,β-unsaturated/α-hetero) is 1. The fourth-order valence-corrected chi connectivity index (χ4v) is 2.12. The lowest BCUT2D eigenvalue weighted by Crippen LogP contribution is -2.16. The van der Waals surface area contributed by atoms with Crippen LogP contribution >= 0.6 is 11.6 Å². The van der Waals surface area contributed by atoms with E-state index >= 15 is 0 Å². The number of benzene rings is 2. The number of carbonyl (C=O) groups is 1. The second-order valence-electron chi connectivity index (χ2n) is 4.18. The Morgan fingerprint density at radius 1 is 0.950 bits per heavy atom. The first-order chi connectivity index (χ1) is 9.41. The predicted molar refractivity (Wildman–Crippen MR) is 70.8 cm³/mol. The Morgan fingerprint density at radius 2 is 1.50 bits per heavy atom. The normalized spacial score (nSPS) is 13.0. The highest BCUT2D eigenvalue weighted by atomic mass is 35.5. The number of alkyl halides is 4. The van der Waals surface area contributed by atoms with Crippen LogP contribution in [0.5, 0.6) is 0 Å². The third kappa shape index (κ3) is 3.02. The van der Waals surface area contributed by atoms with E-state index in [1.54, 1.807) is 30.3 Å². The Bertz CT molecular complexity index is 608. The number of ketones is 1. The quantitative estimate of drug-likeness (QED) is 0.584. The summed E-state index contributed by atoms with van der Waals surface area (Å²) >= 11 is 6.00. The van der Waals surface area contributed by atoms with Crippen LogP contribution in [0.2, 0.25) is 0 Å². The summed E-state index contributed by atoms with van der Waals surface area (Å²) in [6.45, 7) is 0. The third-order valence-electron chi connectivity index (χ3n) is 2.82. The van der Waals surface area contributed by atoms with Gasteiger partial charge in [0.2, 0.25) is 0 Å². The lowest BCUT2D eigenvalue weighted by Gasteiger charge is -2.14. The monoisotopic (exact) mass is 298 g/mol. The largest absolute Gasteiger partial charge is 0.417 e. The molecule has 2 aromatic rings. The summed E-state index contributed by atoms with van der Waals surface area (Å²) in [6, 6.07) is 12.9.